The van der Waals surface area contributed by atoms with E-state index in [1.807, 2.05) is 0 Å². The van der Waals surface area contributed by atoms with Crippen molar-refractivity contribution < 1.29 is 31.1 Å². The molecule has 0 saturated heterocycles. The topological polar surface area (TPSA) is 9.23 Å². The molecule has 0 amide bonds. The van der Waals surface area contributed by atoms with E-state index in [0.29, 0.717) is 6.07 Å². The van der Waals surface area contributed by atoms with Crippen LogP contribution in [-0.2, 0) is 6.18 Å². The number of hydrogen-bond acceptors (Lipinski definition) is 2. The van der Waals surface area contributed by atoms with Crippen LogP contribution in [0.5, 0.6) is 5.75 Å². The van der Waals surface area contributed by atoms with Crippen LogP contribution >= 0.6 is 11.8 Å². The second-order valence-corrected chi connectivity index (χ2v) is 3.76. The maximum atomic E-state index is 12.5. The molecule has 0 saturated carbocycles. The number of ether oxygens (including phenoxy) is 1. The monoisotopic (exact) mass is 276 g/mol. The van der Waals surface area contributed by atoms with E-state index in [-0.39, 0.29) is 4.90 Å². The van der Waals surface area contributed by atoms with Crippen LogP contribution in [0.2, 0.25) is 0 Å². The molecule has 0 aliphatic rings. The van der Waals surface area contributed by atoms with E-state index < -0.39 is 23.9 Å². The molecule has 17 heavy (non-hydrogen) atoms. The first-order chi connectivity index (χ1) is 7.63. The molecule has 1 aromatic carbocycles. The van der Waals surface area contributed by atoms with Gasteiger partial charge in [0.15, 0.2) is 0 Å². The highest BCUT2D eigenvalue weighted by Crippen LogP contribution is 2.38. The lowest BCUT2D eigenvalue weighted by molar-refractivity contribution is -0.274. The Morgan fingerprint density at radius 1 is 1.06 bits per heavy atom. The summed E-state index contributed by atoms with van der Waals surface area (Å²) < 4.78 is 76.5. The van der Waals surface area contributed by atoms with E-state index in [4.69, 9.17) is 0 Å². The molecule has 0 fully saturated rings. The Hall–Kier alpha value is -1.05. The Morgan fingerprint density at radius 2 is 1.65 bits per heavy atom. The molecule has 1 aromatic rings. The number of alkyl halides is 6. The van der Waals surface area contributed by atoms with Crippen molar-refractivity contribution in [3.63, 3.8) is 0 Å². The Labute approximate surface area is 96.8 Å². The van der Waals surface area contributed by atoms with Crippen LogP contribution in [0.25, 0.3) is 0 Å². The SMILES string of the molecule is CSc1ccc(OC(F)(F)F)cc1C(F)(F)F. The molecule has 0 aliphatic carbocycles. The van der Waals surface area contributed by atoms with Crippen molar-refractivity contribution in [3.05, 3.63) is 23.8 Å². The summed E-state index contributed by atoms with van der Waals surface area (Å²) in [7, 11) is 0. The van der Waals surface area contributed by atoms with Crippen LogP contribution in [-0.4, -0.2) is 12.6 Å². The van der Waals surface area contributed by atoms with Gasteiger partial charge in [-0.25, -0.2) is 0 Å². The lowest BCUT2D eigenvalue weighted by Crippen LogP contribution is -2.18. The number of halogens is 6. The van der Waals surface area contributed by atoms with Gasteiger partial charge in [0.25, 0.3) is 0 Å². The third-order valence-corrected chi connectivity index (χ3v) is 2.51. The van der Waals surface area contributed by atoms with Crippen LogP contribution in [0.1, 0.15) is 5.56 Å². The summed E-state index contributed by atoms with van der Waals surface area (Å²) in [6.45, 7) is 0. The van der Waals surface area contributed by atoms with Gasteiger partial charge in [-0.05, 0) is 24.5 Å². The summed E-state index contributed by atoms with van der Waals surface area (Å²) in [5.41, 5.74) is -1.15. The maximum Gasteiger partial charge on any atom is 0.573 e. The third-order valence-electron chi connectivity index (χ3n) is 1.71. The van der Waals surface area contributed by atoms with Gasteiger partial charge < -0.3 is 4.74 Å². The van der Waals surface area contributed by atoms with Gasteiger partial charge in [0.05, 0.1) is 5.56 Å². The normalized spacial score (nSPS) is 12.6. The van der Waals surface area contributed by atoms with Crippen molar-refractivity contribution in [3.8, 4) is 5.75 Å². The quantitative estimate of drug-likeness (QED) is 0.587. The molecule has 0 spiro atoms. The standard InChI is InChI=1S/C9H6F6OS/c1-17-7-3-2-5(16-9(13,14)15)4-6(7)8(10,11)12/h2-4H,1H3. The van der Waals surface area contributed by atoms with Crippen LogP contribution in [0.15, 0.2) is 23.1 Å². The van der Waals surface area contributed by atoms with Gasteiger partial charge in [-0.3, -0.25) is 0 Å². The molecule has 0 heterocycles. The molecule has 8 heteroatoms. The molecule has 0 unspecified atom stereocenters. The Morgan fingerprint density at radius 3 is 2.06 bits per heavy atom. The molecule has 96 valence electrons. The molecule has 1 nitrogen and oxygen atoms in total. The zero-order chi connectivity index (χ0) is 13.3. The van der Waals surface area contributed by atoms with Crippen LogP contribution in [0, 0.1) is 0 Å². The first-order valence-electron chi connectivity index (χ1n) is 4.14. The van der Waals surface area contributed by atoms with Crippen LogP contribution in [0.4, 0.5) is 26.3 Å². The van der Waals surface area contributed by atoms with E-state index in [1.165, 1.54) is 6.26 Å². The number of hydrogen-bond donors (Lipinski definition) is 0. The molecule has 0 bridgehead atoms. The van der Waals surface area contributed by atoms with Gasteiger partial charge in [-0.15, -0.1) is 24.9 Å². The smallest absolute Gasteiger partial charge is 0.406 e. The fourth-order valence-corrected chi connectivity index (χ4v) is 1.70. The summed E-state index contributed by atoms with van der Waals surface area (Å²) in [6.07, 6.45) is -8.33. The second kappa shape index (κ2) is 4.67. The largest absolute Gasteiger partial charge is 0.573 e. The zero-order valence-electron chi connectivity index (χ0n) is 8.32. The fraction of sp³-hybridized carbons (Fsp3) is 0.333. The Kier molecular flexibility index (Phi) is 3.85. The molecule has 0 atom stereocenters. The van der Waals surface area contributed by atoms with Gasteiger partial charge in [0, 0.05) is 4.90 Å². The van der Waals surface area contributed by atoms with Gasteiger partial charge >= 0.3 is 12.5 Å². The van der Waals surface area contributed by atoms with E-state index in [9.17, 15) is 26.3 Å². The highest BCUT2D eigenvalue weighted by atomic mass is 32.2. The van der Waals surface area contributed by atoms with Crippen molar-refractivity contribution >= 4 is 11.8 Å². The molecular formula is C9H6F6OS. The lowest BCUT2D eigenvalue weighted by atomic mass is 10.2. The summed E-state index contributed by atoms with van der Waals surface area (Å²) in [4.78, 5) is -0.160. The van der Waals surface area contributed by atoms with Crippen molar-refractivity contribution in [2.45, 2.75) is 17.4 Å². The second-order valence-electron chi connectivity index (χ2n) is 2.91. The average molecular weight is 276 g/mol. The first kappa shape index (κ1) is 14.0. The third kappa shape index (κ3) is 4.03. The molecule has 0 radical (unpaired) electrons. The molecular weight excluding hydrogens is 270 g/mol. The van der Waals surface area contributed by atoms with Gasteiger partial charge in [-0.2, -0.15) is 13.2 Å². The van der Waals surface area contributed by atoms with Crippen molar-refractivity contribution in [1.82, 2.24) is 0 Å². The highest BCUT2D eigenvalue weighted by Gasteiger charge is 2.36. The Bertz CT molecular complexity index is 397. The Balaban J connectivity index is 3.14. The summed E-state index contributed by atoms with van der Waals surface area (Å²) >= 11 is 0.792. The zero-order valence-corrected chi connectivity index (χ0v) is 9.13. The average Bonchev–Trinajstić information content (AvgIpc) is 2.13. The first-order valence-corrected chi connectivity index (χ1v) is 5.37. The van der Waals surface area contributed by atoms with Gasteiger partial charge in [0.1, 0.15) is 5.75 Å². The van der Waals surface area contributed by atoms with Gasteiger partial charge in [0.2, 0.25) is 0 Å². The minimum absolute atomic E-state index is 0.160. The fourth-order valence-electron chi connectivity index (χ4n) is 1.11. The molecule has 1 rings (SSSR count). The molecule has 0 aliphatic heterocycles. The number of benzene rings is 1. The van der Waals surface area contributed by atoms with E-state index >= 15 is 0 Å². The van der Waals surface area contributed by atoms with E-state index in [1.54, 1.807) is 0 Å². The molecule has 0 aromatic heterocycles. The summed E-state index contributed by atoms with van der Waals surface area (Å²) in [5, 5.41) is 0. The maximum absolute atomic E-state index is 12.5. The van der Waals surface area contributed by atoms with Gasteiger partial charge in [-0.1, -0.05) is 0 Å². The van der Waals surface area contributed by atoms with Crippen LogP contribution < -0.4 is 4.74 Å². The van der Waals surface area contributed by atoms with Crippen molar-refractivity contribution in [2.24, 2.45) is 0 Å². The number of thioether (sulfide) groups is 1. The predicted molar refractivity (Wildman–Crippen MR) is 49.9 cm³/mol. The minimum Gasteiger partial charge on any atom is -0.406 e. The predicted octanol–water partition coefficient (Wildman–Crippen LogP) is 4.33. The number of rotatable bonds is 2. The lowest BCUT2D eigenvalue weighted by Gasteiger charge is -2.14. The molecule has 0 N–H and O–H groups in total. The summed E-state index contributed by atoms with van der Waals surface area (Å²) in [5.74, 6) is -0.886. The van der Waals surface area contributed by atoms with Crippen LogP contribution in [0.3, 0.4) is 0 Å². The van der Waals surface area contributed by atoms with Crippen molar-refractivity contribution in [2.75, 3.05) is 6.26 Å². The summed E-state index contributed by atoms with van der Waals surface area (Å²) in [6, 6.07) is 2.11. The van der Waals surface area contributed by atoms with E-state index in [2.05, 4.69) is 4.74 Å². The highest BCUT2D eigenvalue weighted by molar-refractivity contribution is 7.98. The van der Waals surface area contributed by atoms with Crippen molar-refractivity contribution in [1.29, 1.82) is 0 Å². The van der Waals surface area contributed by atoms with E-state index in [0.717, 1.165) is 23.9 Å². The minimum atomic E-state index is -5.01.